The highest BCUT2D eigenvalue weighted by Gasteiger charge is 2.21. The summed E-state index contributed by atoms with van der Waals surface area (Å²) in [4.78, 5) is 2.42. The van der Waals surface area contributed by atoms with Crippen LogP contribution in [0.15, 0.2) is 36.5 Å². The Morgan fingerprint density at radius 1 is 0.476 bits per heavy atom. The van der Waals surface area contributed by atoms with Gasteiger partial charge in [0.1, 0.15) is 0 Å². The molecule has 0 N–H and O–H groups in total. The predicted molar refractivity (Wildman–Crippen MR) is 192 cm³/mol. The van der Waals surface area contributed by atoms with Crippen LogP contribution in [0.2, 0.25) is 0 Å². The van der Waals surface area contributed by atoms with Gasteiger partial charge in [-0.05, 0) is 142 Å². The fourth-order valence-electron chi connectivity index (χ4n) is 5.70. The molecule has 248 valence electrons. The lowest BCUT2D eigenvalue weighted by molar-refractivity contribution is -0.00273. The van der Waals surface area contributed by atoms with Gasteiger partial charge in [-0.2, -0.15) is 0 Å². The summed E-state index contributed by atoms with van der Waals surface area (Å²) in [6.45, 7) is 12.4. The third-order valence-corrected chi connectivity index (χ3v) is 8.76. The molecule has 0 rings (SSSR count). The average Bonchev–Trinajstić information content (AvgIpc) is 3.00. The molecule has 0 radical (unpaired) electrons. The molecule has 0 aliphatic heterocycles. The molecule has 0 aliphatic rings. The minimum absolute atomic E-state index is 0.430. The Hall–Kier alpha value is -0.860. The minimum atomic E-state index is 0.430. The predicted octanol–water partition coefficient (Wildman–Crippen LogP) is 13.0. The number of hydrogen-bond donors (Lipinski definition) is 0. The van der Waals surface area contributed by atoms with E-state index in [1.807, 2.05) is 0 Å². The van der Waals surface area contributed by atoms with Crippen molar-refractivity contribution in [1.29, 1.82) is 0 Å². The van der Waals surface area contributed by atoms with Gasteiger partial charge in [-0.25, -0.2) is 0 Å². The van der Waals surface area contributed by atoms with E-state index in [9.17, 15) is 0 Å². The standard InChI is InChI=1S/C40H77NO/c1-6-10-13-16-19-22-25-29-34-39(35-30-26-23-20-17-14-11-7-2)40(36-31-27-24-21-18-15-12-8-3)42-38-33-28-32-37-41(5)9-4/h19-24,39-40H,6-18,25-38H2,1-5H3/b22-19-,23-20-,24-21-. The van der Waals surface area contributed by atoms with Gasteiger partial charge in [-0.1, -0.05) is 103 Å². The summed E-state index contributed by atoms with van der Waals surface area (Å²) < 4.78 is 6.77. The topological polar surface area (TPSA) is 12.5 Å². The second-order valence-corrected chi connectivity index (χ2v) is 12.8. The zero-order chi connectivity index (χ0) is 30.8. The van der Waals surface area contributed by atoms with Crippen molar-refractivity contribution in [2.45, 2.75) is 188 Å². The normalized spacial score (nSPS) is 13.2. The zero-order valence-corrected chi connectivity index (χ0v) is 29.6. The van der Waals surface area contributed by atoms with Crippen molar-refractivity contribution in [2.24, 2.45) is 5.92 Å². The monoisotopic (exact) mass is 588 g/mol. The first-order valence-corrected chi connectivity index (χ1v) is 18.9. The summed E-state index contributed by atoms with van der Waals surface area (Å²) >= 11 is 0. The molecule has 0 amide bonds. The smallest absolute Gasteiger partial charge is 0.0603 e. The zero-order valence-electron chi connectivity index (χ0n) is 29.6. The van der Waals surface area contributed by atoms with Gasteiger partial charge in [0.2, 0.25) is 0 Å². The molecule has 0 aliphatic carbocycles. The maximum atomic E-state index is 6.77. The average molecular weight is 588 g/mol. The largest absolute Gasteiger partial charge is 0.378 e. The quantitative estimate of drug-likeness (QED) is 0.0559. The molecule has 2 heteroatoms. The Bertz CT molecular complexity index is 568. The molecule has 42 heavy (non-hydrogen) atoms. The van der Waals surface area contributed by atoms with E-state index in [4.69, 9.17) is 4.74 Å². The van der Waals surface area contributed by atoms with Gasteiger partial charge < -0.3 is 9.64 Å². The third kappa shape index (κ3) is 29.2. The molecule has 2 nitrogen and oxygen atoms in total. The second kappa shape index (κ2) is 34.6. The number of rotatable bonds is 33. The molecular formula is C40H77NO. The van der Waals surface area contributed by atoms with Gasteiger partial charge >= 0.3 is 0 Å². The van der Waals surface area contributed by atoms with E-state index in [0.717, 1.165) is 13.2 Å². The van der Waals surface area contributed by atoms with E-state index in [-0.39, 0.29) is 0 Å². The van der Waals surface area contributed by atoms with Crippen molar-refractivity contribution < 1.29 is 4.74 Å². The highest BCUT2D eigenvalue weighted by atomic mass is 16.5. The Labute approximate surface area is 266 Å². The molecule has 1 atom stereocenters. The summed E-state index contributed by atoms with van der Waals surface area (Å²) in [7, 11) is 2.23. The van der Waals surface area contributed by atoms with Gasteiger partial charge in [-0.3, -0.25) is 0 Å². The highest BCUT2D eigenvalue weighted by Crippen LogP contribution is 2.27. The minimum Gasteiger partial charge on any atom is -0.378 e. The number of ether oxygens (including phenoxy) is 1. The van der Waals surface area contributed by atoms with E-state index in [1.165, 1.54) is 161 Å². The van der Waals surface area contributed by atoms with Crippen LogP contribution in [0.3, 0.4) is 0 Å². The summed E-state index contributed by atoms with van der Waals surface area (Å²) in [5, 5.41) is 0. The van der Waals surface area contributed by atoms with E-state index in [0.29, 0.717) is 12.0 Å². The van der Waals surface area contributed by atoms with E-state index in [2.05, 4.69) is 76.1 Å². The van der Waals surface area contributed by atoms with Crippen LogP contribution in [0.25, 0.3) is 0 Å². The molecule has 1 unspecified atom stereocenters. The molecular weight excluding hydrogens is 510 g/mol. The Kier molecular flexibility index (Phi) is 33.9. The summed E-state index contributed by atoms with van der Waals surface area (Å²) in [6, 6.07) is 0. The molecule has 0 aromatic carbocycles. The van der Waals surface area contributed by atoms with Crippen LogP contribution >= 0.6 is 0 Å². The lowest BCUT2D eigenvalue weighted by Gasteiger charge is -2.28. The van der Waals surface area contributed by atoms with Crippen molar-refractivity contribution in [3.8, 4) is 0 Å². The van der Waals surface area contributed by atoms with Crippen LogP contribution in [0.1, 0.15) is 182 Å². The molecule has 0 aromatic heterocycles. The summed E-state index contributed by atoms with van der Waals surface area (Å²) in [5.41, 5.74) is 0. The van der Waals surface area contributed by atoms with E-state index >= 15 is 0 Å². The maximum absolute atomic E-state index is 6.77. The Morgan fingerprint density at radius 3 is 1.33 bits per heavy atom. The molecule has 0 heterocycles. The maximum Gasteiger partial charge on any atom is 0.0603 e. The van der Waals surface area contributed by atoms with Gasteiger partial charge in [0.05, 0.1) is 6.10 Å². The summed E-state index contributed by atoms with van der Waals surface area (Å²) in [5.74, 6) is 0.701. The van der Waals surface area contributed by atoms with Crippen LogP contribution in [0, 0.1) is 5.92 Å². The van der Waals surface area contributed by atoms with Gasteiger partial charge in [0, 0.05) is 6.61 Å². The first kappa shape index (κ1) is 41.1. The number of allylic oxidation sites excluding steroid dienone is 6. The third-order valence-electron chi connectivity index (χ3n) is 8.76. The van der Waals surface area contributed by atoms with E-state index in [1.54, 1.807) is 0 Å². The van der Waals surface area contributed by atoms with Crippen LogP contribution in [-0.2, 0) is 4.74 Å². The number of hydrogen-bond acceptors (Lipinski definition) is 2. The van der Waals surface area contributed by atoms with Crippen molar-refractivity contribution in [3.63, 3.8) is 0 Å². The van der Waals surface area contributed by atoms with Crippen LogP contribution < -0.4 is 0 Å². The van der Waals surface area contributed by atoms with E-state index < -0.39 is 0 Å². The van der Waals surface area contributed by atoms with Crippen LogP contribution in [0.5, 0.6) is 0 Å². The van der Waals surface area contributed by atoms with Crippen LogP contribution in [0.4, 0.5) is 0 Å². The Morgan fingerprint density at radius 2 is 0.905 bits per heavy atom. The summed E-state index contributed by atoms with van der Waals surface area (Å²) in [6.07, 6.45) is 46.1. The lowest BCUT2D eigenvalue weighted by atomic mass is 9.87. The van der Waals surface area contributed by atoms with Crippen LogP contribution in [-0.4, -0.2) is 37.7 Å². The first-order chi connectivity index (χ1) is 20.7. The van der Waals surface area contributed by atoms with Gasteiger partial charge in [-0.15, -0.1) is 0 Å². The molecule has 0 bridgehead atoms. The van der Waals surface area contributed by atoms with Gasteiger partial charge in [0.15, 0.2) is 0 Å². The molecule has 0 saturated heterocycles. The Balaban J connectivity index is 4.98. The number of nitrogens with zero attached hydrogens (tertiary/aromatic N) is 1. The second-order valence-electron chi connectivity index (χ2n) is 12.8. The number of unbranched alkanes of at least 4 members (excludes halogenated alkanes) is 14. The first-order valence-electron chi connectivity index (χ1n) is 18.9. The van der Waals surface area contributed by atoms with Crippen molar-refractivity contribution >= 4 is 0 Å². The molecule has 0 aromatic rings. The molecule has 0 spiro atoms. The fourth-order valence-corrected chi connectivity index (χ4v) is 5.70. The van der Waals surface area contributed by atoms with Crippen molar-refractivity contribution in [2.75, 3.05) is 26.7 Å². The van der Waals surface area contributed by atoms with Crippen molar-refractivity contribution in [3.05, 3.63) is 36.5 Å². The SMILES string of the molecule is CCCCC/C=C\CCCC(CCC/C=C\CCCCC)C(CCC/C=C\CCCCC)OCCCCCN(C)CC. The van der Waals surface area contributed by atoms with Crippen molar-refractivity contribution in [1.82, 2.24) is 4.90 Å². The molecule has 0 saturated carbocycles. The highest BCUT2D eigenvalue weighted by molar-refractivity contribution is 4.85. The fraction of sp³-hybridized carbons (Fsp3) is 0.850. The van der Waals surface area contributed by atoms with Gasteiger partial charge in [0.25, 0.3) is 0 Å². The molecule has 0 fully saturated rings. The lowest BCUT2D eigenvalue weighted by Crippen LogP contribution is -2.25.